The Balaban J connectivity index is 2.05. The molecule has 1 fully saturated rings. The molecule has 1 rings (SSSR count). The highest BCUT2D eigenvalue weighted by molar-refractivity contribution is 5.75. The highest BCUT2D eigenvalue weighted by Gasteiger charge is 2.14. The smallest absolute Gasteiger partial charge is 0.220 e. The Kier molecular flexibility index (Phi) is 6.46. The Bertz CT molecular complexity index is 200. The summed E-state index contributed by atoms with van der Waals surface area (Å²) in [5.41, 5.74) is 0. The van der Waals surface area contributed by atoms with Crippen LogP contribution in [-0.2, 0) is 4.79 Å². The van der Waals surface area contributed by atoms with Gasteiger partial charge in [-0.15, -0.1) is 0 Å². The number of aliphatic hydroxyl groups excluding tert-OH is 1. The van der Waals surface area contributed by atoms with Crippen LogP contribution in [0.25, 0.3) is 0 Å². The maximum atomic E-state index is 11.5. The van der Waals surface area contributed by atoms with Crippen molar-refractivity contribution in [3.05, 3.63) is 0 Å². The summed E-state index contributed by atoms with van der Waals surface area (Å²) in [4.78, 5) is 11.5. The third-order valence-electron chi connectivity index (χ3n) is 3.46. The highest BCUT2D eigenvalue weighted by Crippen LogP contribution is 2.27. The van der Waals surface area contributed by atoms with Gasteiger partial charge in [-0.2, -0.15) is 0 Å². The van der Waals surface area contributed by atoms with Crippen molar-refractivity contribution in [3.8, 4) is 0 Å². The molecular weight excluding hydrogens is 202 g/mol. The molecule has 0 bridgehead atoms. The maximum absolute atomic E-state index is 11.5. The topological polar surface area (TPSA) is 49.3 Å². The number of nitrogens with one attached hydrogen (secondary N) is 1. The summed E-state index contributed by atoms with van der Waals surface area (Å²) in [6, 6.07) is 0. The lowest BCUT2D eigenvalue weighted by molar-refractivity contribution is -0.121. The molecular formula is C13H25NO2. The zero-order valence-electron chi connectivity index (χ0n) is 10.4. The molecule has 3 nitrogen and oxygen atoms in total. The van der Waals surface area contributed by atoms with Gasteiger partial charge in [-0.1, -0.05) is 39.0 Å². The van der Waals surface area contributed by atoms with Crippen LogP contribution in [0.3, 0.4) is 0 Å². The first-order valence-electron chi connectivity index (χ1n) is 6.60. The van der Waals surface area contributed by atoms with Gasteiger partial charge in [0.2, 0.25) is 5.91 Å². The molecule has 16 heavy (non-hydrogen) atoms. The summed E-state index contributed by atoms with van der Waals surface area (Å²) in [7, 11) is 0. The lowest BCUT2D eigenvalue weighted by Crippen LogP contribution is -2.29. The second-order valence-corrected chi connectivity index (χ2v) is 5.13. The number of carbonyl (C=O) groups is 1. The van der Waals surface area contributed by atoms with Crippen molar-refractivity contribution in [3.63, 3.8) is 0 Å². The number of hydrogen-bond donors (Lipinski definition) is 2. The fraction of sp³-hybridized carbons (Fsp3) is 0.923. The van der Waals surface area contributed by atoms with Gasteiger partial charge in [0, 0.05) is 19.6 Å². The fourth-order valence-corrected chi connectivity index (χ4v) is 2.25. The predicted molar refractivity (Wildman–Crippen MR) is 65.1 cm³/mol. The molecule has 94 valence electrons. The molecule has 0 aliphatic heterocycles. The monoisotopic (exact) mass is 227 g/mol. The molecule has 0 spiro atoms. The molecule has 3 heteroatoms. The first-order valence-corrected chi connectivity index (χ1v) is 6.60. The van der Waals surface area contributed by atoms with E-state index in [1.807, 2.05) is 6.92 Å². The minimum atomic E-state index is 0.142. The lowest BCUT2D eigenvalue weighted by Gasteiger charge is -2.21. The van der Waals surface area contributed by atoms with E-state index in [1.54, 1.807) is 0 Å². The SMILES string of the molecule is CC(CO)CNC(=O)CCC1CCCCC1. The predicted octanol–water partition coefficient (Wildman–Crippen LogP) is 2.09. The van der Waals surface area contributed by atoms with E-state index in [9.17, 15) is 4.79 Å². The standard InChI is InChI=1S/C13H25NO2/c1-11(10-15)9-14-13(16)8-7-12-5-3-2-4-6-12/h11-12,15H,2-10H2,1H3,(H,14,16). The number of hydrogen-bond acceptors (Lipinski definition) is 2. The van der Waals surface area contributed by atoms with Gasteiger partial charge >= 0.3 is 0 Å². The zero-order valence-corrected chi connectivity index (χ0v) is 10.4. The average molecular weight is 227 g/mol. The van der Waals surface area contributed by atoms with Crippen molar-refractivity contribution in [2.45, 2.75) is 51.9 Å². The van der Waals surface area contributed by atoms with Crippen molar-refractivity contribution in [1.82, 2.24) is 5.32 Å². The van der Waals surface area contributed by atoms with Crippen LogP contribution in [0.15, 0.2) is 0 Å². The summed E-state index contributed by atoms with van der Waals surface area (Å²) >= 11 is 0. The molecule has 0 heterocycles. The summed E-state index contributed by atoms with van der Waals surface area (Å²) in [6.45, 7) is 2.67. The number of amides is 1. The van der Waals surface area contributed by atoms with Crippen LogP contribution in [0.2, 0.25) is 0 Å². The summed E-state index contributed by atoms with van der Waals surface area (Å²) in [6.07, 6.45) is 8.36. The van der Waals surface area contributed by atoms with Gasteiger partial charge in [-0.25, -0.2) is 0 Å². The molecule has 1 saturated carbocycles. The Hall–Kier alpha value is -0.570. The van der Waals surface area contributed by atoms with Crippen LogP contribution in [0.4, 0.5) is 0 Å². The van der Waals surface area contributed by atoms with E-state index >= 15 is 0 Å². The van der Waals surface area contributed by atoms with Crippen LogP contribution >= 0.6 is 0 Å². The van der Waals surface area contributed by atoms with Crippen molar-refractivity contribution >= 4 is 5.91 Å². The van der Waals surface area contributed by atoms with E-state index < -0.39 is 0 Å². The Morgan fingerprint density at radius 3 is 2.69 bits per heavy atom. The van der Waals surface area contributed by atoms with Crippen LogP contribution in [-0.4, -0.2) is 24.2 Å². The largest absolute Gasteiger partial charge is 0.396 e. The number of rotatable bonds is 6. The van der Waals surface area contributed by atoms with Gasteiger partial charge < -0.3 is 10.4 Å². The molecule has 0 radical (unpaired) electrons. The van der Waals surface area contributed by atoms with Crippen molar-refractivity contribution in [1.29, 1.82) is 0 Å². The van der Waals surface area contributed by atoms with E-state index in [0.717, 1.165) is 12.3 Å². The van der Waals surface area contributed by atoms with E-state index in [-0.39, 0.29) is 18.4 Å². The molecule has 1 atom stereocenters. The molecule has 2 N–H and O–H groups in total. The Morgan fingerprint density at radius 2 is 2.06 bits per heavy atom. The molecule has 0 aromatic rings. The van der Waals surface area contributed by atoms with Crippen molar-refractivity contribution in [2.24, 2.45) is 11.8 Å². The summed E-state index contributed by atoms with van der Waals surface area (Å²) in [5, 5.41) is 11.7. The van der Waals surface area contributed by atoms with Gasteiger partial charge in [-0.3, -0.25) is 4.79 Å². The molecule has 0 aromatic carbocycles. The van der Waals surface area contributed by atoms with E-state index in [4.69, 9.17) is 5.11 Å². The first kappa shape index (κ1) is 13.5. The highest BCUT2D eigenvalue weighted by atomic mass is 16.3. The van der Waals surface area contributed by atoms with Crippen LogP contribution in [0, 0.1) is 11.8 Å². The van der Waals surface area contributed by atoms with Crippen LogP contribution in [0.5, 0.6) is 0 Å². The van der Waals surface area contributed by atoms with E-state index in [2.05, 4.69) is 5.32 Å². The quantitative estimate of drug-likeness (QED) is 0.730. The minimum absolute atomic E-state index is 0.142. The fourth-order valence-electron chi connectivity index (χ4n) is 2.25. The first-order chi connectivity index (χ1) is 7.72. The third kappa shape index (κ3) is 5.50. The molecule has 1 unspecified atom stereocenters. The Morgan fingerprint density at radius 1 is 1.38 bits per heavy atom. The Labute approximate surface area is 98.6 Å². The number of carbonyl (C=O) groups excluding carboxylic acids is 1. The van der Waals surface area contributed by atoms with Gasteiger partial charge in [0.05, 0.1) is 0 Å². The van der Waals surface area contributed by atoms with E-state index in [1.165, 1.54) is 32.1 Å². The molecule has 1 amide bonds. The minimum Gasteiger partial charge on any atom is -0.396 e. The molecule has 0 aromatic heterocycles. The second kappa shape index (κ2) is 7.66. The zero-order chi connectivity index (χ0) is 11.8. The van der Waals surface area contributed by atoms with Crippen molar-refractivity contribution < 1.29 is 9.90 Å². The lowest BCUT2D eigenvalue weighted by atomic mass is 9.86. The molecule has 0 saturated heterocycles. The average Bonchev–Trinajstić information content (AvgIpc) is 2.34. The molecule has 1 aliphatic rings. The van der Waals surface area contributed by atoms with Gasteiger partial charge in [-0.05, 0) is 18.3 Å². The second-order valence-electron chi connectivity index (χ2n) is 5.13. The summed E-state index contributed by atoms with van der Waals surface area (Å²) < 4.78 is 0. The van der Waals surface area contributed by atoms with Crippen LogP contribution in [0.1, 0.15) is 51.9 Å². The van der Waals surface area contributed by atoms with Crippen molar-refractivity contribution in [2.75, 3.05) is 13.2 Å². The van der Waals surface area contributed by atoms with E-state index in [0.29, 0.717) is 13.0 Å². The third-order valence-corrected chi connectivity index (χ3v) is 3.46. The van der Waals surface area contributed by atoms with Gasteiger partial charge in [0.15, 0.2) is 0 Å². The summed E-state index contributed by atoms with van der Waals surface area (Å²) in [5.74, 6) is 1.08. The van der Waals surface area contributed by atoms with Crippen LogP contribution < -0.4 is 5.32 Å². The normalized spacial score (nSPS) is 19.4. The van der Waals surface area contributed by atoms with Gasteiger partial charge in [0.25, 0.3) is 0 Å². The maximum Gasteiger partial charge on any atom is 0.220 e. The molecule has 1 aliphatic carbocycles. The van der Waals surface area contributed by atoms with Gasteiger partial charge in [0.1, 0.15) is 0 Å². The number of aliphatic hydroxyl groups is 1.